The quantitative estimate of drug-likeness (QED) is 0.796. The van der Waals surface area contributed by atoms with Gasteiger partial charge in [0.25, 0.3) is 0 Å². The number of aromatic nitrogens is 2. The molecule has 19 heavy (non-hydrogen) atoms. The molecule has 3 N–H and O–H groups in total. The molecule has 0 amide bonds. The van der Waals surface area contributed by atoms with Crippen molar-refractivity contribution in [2.24, 2.45) is 0 Å². The van der Waals surface area contributed by atoms with Crippen LogP contribution in [0.4, 0.5) is 11.8 Å². The van der Waals surface area contributed by atoms with E-state index in [1.54, 1.807) is 6.07 Å². The fraction of sp³-hybridized carbons (Fsp3) is 0.667. The van der Waals surface area contributed by atoms with Crippen LogP contribution in [-0.4, -0.2) is 65.6 Å². The van der Waals surface area contributed by atoms with E-state index >= 15 is 0 Å². The van der Waals surface area contributed by atoms with Gasteiger partial charge in [0.1, 0.15) is 11.0 Å². The van der Waals surface area contributed by atoms with E-state index in [1.807, 2.05) is 0 Å². The third-order valence-corrected chi connectivity index (χ3v) is 3.65. The number of nitrogens with zero attached hydrogens (tertiary/aromatic N) is 4. The molecule has 0 aromatic carbocycles. The second-order valence-corrected chi connectivity index (χ2v) is 5.39. The molecule has 0 bridgehead atoms. The topological polar surface area (TPSA) is 70.3 Å². The summed E-state index contributed by atoms with van der Waals surface area (Å²) in [6.07, 6.45) is 0. The first-order valence-corrected chi connectivity index (χ1v) is 6.89. The van der Waals surface area contributed by atoms with Crippen molar-refractivity contribution in [3.8, 4) is 0 Å². The second kappa shape index (κ2) is 6.36. The van der Waals surface area contributed by atoms with Crippen LogP contribution in [0, 0.1) is 0 Å². The minimum atomic E-state index is 0.197. The van der Waals surface area contributed by atoms with Crippen molar-refractivity contribution in [1.29, 1.82) is 0 Å². The Balaban J connectivity index is 1.84. The predicted molar refractivity (Wildman–Crippen MR) is 78.5 cm³/mol. The van der Waals surface area contributed by atoms with Crippen LogP contribution in [0.15, 0.2) is 6.07 Å². The van der Waals surface area contributed by atoms with Crippen LogP contribution in [0.1, 0.15) is 6.92 Å². The summed E-state index contributed by atoms with van der Waals surface area (Å²) in [6, 6.07) is 2.14. The van der Waals surface area contributed by atoms with E-state index in [4.69, 9.17) is 17.3 Å². The molecule has 6 nitrogen and oxygen atoms in total. The van der Waals surface area contributed by atoms with Gasteiger partial charge in [-0.15, -0.1) is 0 Å². The Hall–Kier alpha value is -1.11. The first-order valence-electron chi connectivity index (χ1n) is 6.51. The van der Waals surface area contributed by atoms with Gasteiger partial charge in [-0.3, -0.25) is 4.90 Å². The van der Waals surface area contributed by atoms with Crippen molar-refractivity contribution in [2.45, 2.75) is 13.0 Å². The molecule has 1 atom stereocenters. The number of halogens is 1. The molecule has 1 fully saturated rings. The maximum Gasteiger partial charge on any atom is 0.223 e. The van der Waals surface area contributed by atoms with E-state index in [-0.39, 0.29) is 5.95 Å². The number of hydrogen-bond acceptors (Lipinski definition) is 6. The van der Waals surface area contributed by atoms with Gasteiger partial charge in [0.15, 0.2) is 0 Å². The SMILES string of the molecule is CC(CNc1cc(Cl)nc(N)n1)N1CCN(C)CC1. The van der Waals surface area contributed by atoms with E-state index in [9.17, 15) is 0 Å². The third kappa shape index (κ3) is 4.19. The summed E-state index contributed by atoms with van der Waals surface area (Å²) in [4.78, 5) is 12.8. The lowest BCUT2D eigenvalue weighted by Crippen LogP contribution is -2.49. The van der Waals surface area contributed by atoms with Crippen LogP contribution in [-0.2, 0) is 0 Å². The van der Waals surface area contributed by atoms with Crippen LogP contribution in [0.2, 0.25) is 5.15 Å². The average molecular weight is 285 g/mol. The summed E-state index contributed by atoms with van der Waals surface area (Å²) in [7, 11) is 2.16. The van der Waals surface area contributed by atoms with E-state index in [0.29, 0.717) is 17.0 Å². The molecule has 2 rings (SSSR count). The monoisotopic (exact) mass is 284 g/mol. The maximum atomic E-state index is 5.84. The van der Waals surface area contributed by atoms with Crippen LogP contribution in [0.25, 0.3) is 0 Å². The molecule has 0 spiro atoms. The molecule has 106 valence electrons. The predicted octanol–water partition coefficient (Wildman–Crippen LogP) is 0.760. The van der Waals surface area contributed by atoms with Crippen LogP contribution in [0.5, 0.6) is 0 Å². The highest BCUT2D eigenvalue weighted by Gasteiger charge is 2.18. The molecule has 1 aromatic heterocycles. The number of nitrogens with one attached hydrogen (secondary N) is 1. The van der Waals surface area contributed by atoms with Crippen molar-refractivity contribution in [3.05, 3.63) is 11.2 Å². The maximum absolute atomic E-state index is 5.84. The van der Waals surface area contributed by atoms with Gasteiger partial charge in [-0.1, -0.05) is 11.6 Å². The summed E-state index contributed by atoms with van der Waals surface area (Å²) in [5.74, 6) is 0.876. The largest absolute Gasteiger partial charge is 0.368 e. The Morgan fingerprint density at radius 2 is 2.05 bits per heavy atom. The summed E-state index contributed by atoms with van der Waals surface area (Å²) < 4.78 is 0. The van der Waals surface area contributed by atoms with E-state index in [0.717, 1.165) is 32.7 Å². The van der Waals surface area contributed by atoms with Crippen molar-refractivity contribution >= 4 is 23.4 Å². The van der Waals surface area contributed by atoms with E-state index in [1.165, 1.54) is 0 Å². The lowest BCUT2D eigenvalue weighted by Gasteiger charge is -2.36. The Kier molecular flexibility index (Phi) is 4.79. The first-order chi connectivity index (χ1) is 9.04. The van der Waals surface area contributed by atoms with Crippen molar-refractivity contribution in [1.82, 2.24) is 19.8 Å². The lowest BCUT2D eigenvalue weighted by atomic mass is 10.2. The van der Waals surface area contributed by atoms with Gasteiger partial charge in [0.05, 0.1) is 0 Å². The van der Waals surface area contributed by atoms with Crippen LogP contribution in [0.3, 0.4) is 0 Å². The minimum absolute atomic E-state index is 0.197. The van der Waals surface area contributed by atoms with Crippen molar-refractivity contribution in [3.63, 3.8) is 0 Å². The minimum Gasteiger partial charge on any atom is -0.368 e. The average Bonchev–Trinajstić information content (AvgIpc) is 2.36. The van der Waals surface area contributed by atoms with Crippen LogP contribution >= 0.6 is 11.6 Å². The Labute approximate surface area is 118 Å². The van der Waals surface area contributed by atoms with E-state index in [2.05, 4.69) is 39.1 Å². The summed E-state index contributed by atoms with van der Waals surface area (Å²) in [5.41, 5.74) is 5.56. The van der Waals surface area contributed by atoms with Gasteiger partial charge in [0.2, 0.25) is 5.95 Å². The fourth-order valence-corrected chi connectivity index (χ4v) is 2.36. The van der Waals surface area contributed by atoms with Gasteiger partial charge in [-0.05, 0) is 14.0 Å². The number of piperazine rings is 1. The number of nitrogens with two attached hydrogens (primary N) is 1. The van der Waals surface area contributed by atoms with E-state index < -0.39 is 0 Å². The molecule has 0 radical (unpaired) electrons. The molecule has 0 saturated carbocycles. The third-order valence-electron chi connectivity index (χ3n) is 3.45. The summed E-state index contributed by atoms with van der Waals surface area (Å²) in [5, 5.41) is 3.63. The number of likely N-dealkylation sites (N-methyl/N-ethyl adjacent to an activating group) is 1. The highest BCUT2D eigenvalue weighted by Crippen LogP contribution is 2.13. The first kappa shape index (κ1) is 14.3. The summed E-state index contributed by atoms with van der Waals surface area (Å²) >= 11 is 5.84. The zero-order chi connectivity index (χ0) is 13.8. The number of anilines is 2. The molecule has 2 heterocycles. The smallest absolute Gasteiger partial charge is 0.223 e. The van der Waals surface area contributed by atoms with Gasteiger partial charge >= 0.3 is 0 Å². The molecule has 1 unspecified atom stereocenters. The fourth-order valence-electron chi connectivity index (χ4n) is 2.17. The molecule has 0 aliphatic carbocycles. The molecule has 1 aliphatic heterocycles. The van der Waals surface area contributed by atoms with Gasteiger partial charge < -0.3 is 16.0 Å². The van der Waals surface area contributed by atoms with Gasteiger partial charge in [0, 0.05) is 44.8 Å². The lowest BCUT2D eigenvalue weighted by molar-refractivity contribution is 0.123. The molecule has 7 heteroatoms. The number of nitrogen functional groups attached to an aromatic ring is 1. The number of hydrogen-bond donors (Lipinski definition) is 2. The van der Waals surface area contributed by atoms with Gasteiger partial charge in [-0.25, -0.2) is 4.98 Å². The number of rotatable bonds is 4. The zero-order valence-electron chi connectivity index (χ0n) is 11.4. The van der Waals surface area contributed by atoms with Crippen molar-refractivity contribution < 1.29 is 0 Å². The van der Waals surface area contributed by atoms with Gasteiger partial charge in [-0.2, -0.15) is 4.98 Å². The normalized spacial score (nSPS) is 19.3. The Morgan fingerprint density at radius 1 is 1.37 bits per heavy atom. The molecular formula is C12H21ClN6. The standard InChI is InChI=1S/C12H21ClN6/c1-9(19-5-3-18(2)4-6-19)8-15-11-7-10(13)16-12(14)17-11/h7,9H,3-6,8H2,1-2H3,(H3,14,15,16,17). The van der Waals surface area contributed by atoms with Crippen LogP contribution < -0.4 is 11.1 Å². The van der Waals surface area contributed by atoms with Crippen molar-refractivity contribution in [2.75, 3.05) is 50.8 Å². The highest BCUT2D eigenvalue weighted by atomic mass is 35.5. The summed E-state index contributed by atoms with van der Waals surface area (Å²) in [6.45, 7) is 7.48. The zero-order valence-corrected chi connectivity index (χ0v) is 12.2. The highest BCUT2D eigenvalue weighted by molar-refractivity contribution is 6.29. The molecule has 1 aromatic rings. The second-order valence-electron chi connectivity index (χ2n) is 5.00. The molecule has 1 saturated heterocycles. The molecular weight excluding hydrogens is 264 g/mol. The Bertz CT molecular complexity index is 398. The molecule has 1 aliphatic rings. The Morgan fingerprint density at radius 3 is 2.68 bits per heavy atom.